The van der Waals surface area contributed by atoms with Gasteiger partial charge in [0.05, 0.1) is 0 Å². The third-order valence-corrected chi connectivity index (χ3v) is 12.2. The van der Waals surface area contributed by atoms with Gasteiger partial charge in [0.2, 0.25) is 0 Å². The van der Waals surface area contributed by atoms with Crippen LogP contribution in [0.4, 0.5) is 0 Å². The van der Waals surface area contributed by atoms with Crippen LogP contribution in [0.15, 0.2) is 68.5 Å². The third-order valence-electron chi connectivity index (χ3n) is 8.08. The summed E-state index contributed by atoms with van der Waals surface area (Å²) in [5, 5.41) is 32.2. The molecule has 6 heteroatoms. The molecule has 0 aliphatic rings. The van der Waals surface area contributed by atoms with Gasteiger partial charge < -0.3 is 0 Å². The zero-order valence-corrected chi connectivity index (χ0v) is 32.2. The first-order valence-corrected chi connectivity index (χ1v) is 19.3. The average Bonchev–Trinajstić information content (AvgIpc) is 2.94. The molecule has 5 nitrogen and oxygen atoms in total. The van der Waals surface area contributed by atoms with Crippen molar-refractivity contribution in [1.82, 2.24) is 0 Å². The summed E-state index contributed by atoms with van der Waals surface area (Å²) in [5.41, 5.74) is 5.63. The van der Waals surface area contributed by atoms with Crippen LogP contribution in [0.3, 0.4) is 0 Å². The van der Waals surface area contributed by atoms with Gasteiger partial charge in [-0.05, 0) is 0 Å². The Bertz CT molecular complexity index is 1460. The van der Waals surface area contributed by atoms with Crippen molar-refractivity contribution in [2.75, 3.05) is 6.54 Å². The summed E-state index contributed by atoms with van der Waals surface area (Å²) in [7, 11) is 0. The molecule has 2 N–H and O–H groups in total. The normalized spacial score (nSPS) is 12.5. The Morgan fingerprint density at radius 2 is 1.07 bits per heavy atom. The van der Waals surface area contributed by atoms with Gasteiger partial charge in [0.15, 0.2) is 0 Å². The van der Waals surface area contributed by atoms with E-state index in [-0.39, 0.29) is 16.2 Å². The molecule has 45 heavy (non-hydrogen) atoms. The van der Waals surface area contributed by atoms with Gasteiger partial charge in [0.1, 0.15) is 0 Å². The van der Waals surface area contributed by atoms with Crippen molar-refractivity contribution in [1.29, 1.82) is 0 Å². The van der Waals surface area contributed by atoms with E-state index in [0.717, 1.165) is 45.4 Å². The van der Waals surface area contributed by atoms with Crippen LogP contribution in [0.5, 0.6) is 11.5 Å². The second kappa shape index (κ2) is 15.7. The van der Waals surface area contributed by atoms with Gasteiger partial charge in [0.25, 0.3) is 0 Å². The number of hydrogen-bond acceptors (Lipinski definition) is 4. The quantitative estimate of drug-likeness (QED) is 0.115. The molecule has 3 rings (SSSR count). The van der Waals surface area contributed by atoms with E-state index in [0.29, 0.717) is 18.0 Å². The zero-order chi connectivity index (χ0) is 33.4. The summed E-state index contributed by atoms with van der Waals surface area (Å²) in [6, 6.07) is 18.3. The summed E-state index contributed by atoms with van der Waals surface area (Å²) >= 11 is -1.58. The Balaban J connectivity index is 2.28. The molecule has 0 aliphatic carbocycles. The molecule has 0 bridgehead atoms. The van der Waals surface area contributed by atoms with E-state index in [1.165, 1.54) is 36.0 Å². The van der Waals surface area contributed by atoms with Gasteiger partial charge in [-0.25, -0.2) is 0 Å². The number of para-hydroxylation sites is 2. The van der Waals surface area contributed by atoms with Crippen molar-refractivity contribution < 1.29 is 28.1 Å². The van der Waals surface area contributed by atoms with Crippen molar-refractivity contribution in [3.63, 3.8) is 0 Å². The maximum atomic E-state index is 11.7. The van der Waals surface area contributed by atoms with E-state index < -0.39 is 17.9 Å². The molecule has 0 heterocycles. The number of nitrogens with zero attached hydrogens (tertiary/aromatic N) is 3. The van der Waals surface area contributed by atoms with Crippen molar-refractivity contribution in [2.24, 2.45) is 19.4 Å². The van der Waals surface area contributed by atoms with Gasteiger partial charge in [-0.2, -0.15) is 0 Å². The first-order chi connectivity index (χ1) is 21.1. The topological polar surface area (TPSA) is 77.5 Å². The van der Waals surface area contributed by atoms with Gasteiger partial charge >= 0.3 is 282 Å². The molecule has 0 aliphatic heterocycles. The van der Waals surface area contributed by atoms with E-state index >= 15 is 0 Å². The van der Waals surface area contributed by atoms with Crippen LogP contribution in [-0.4, -0.2) is 20.7 Å². The van der Waals surface area contributed by atoms with E-state index in [2.05, 4.69) is 91.7 Å². The summed E-state index contributed by atoms with van der Waals surface area (Å²) in [6.07, 6.45) is 7.33. The SMILES string of the molecule is CCCCCCCCN=N[N]=[W]=[C](c1c(-c2cccc(C(C)(C)C)c2O)cccc1-c1cccc(C(C)(C)C)c1O)C(C)(C)C. The minimum atomic E-state index is -1.58. The van der Waals surface area contributed by atoms with Crippen LogP contribution in [0.1, 0.15) is 124 Å². The molecule has 0 amide bonds. The predicted octanol–water partition coefficient (Wildman–Crippen LogP) is 11.6. The van der Waals surface area contributed by atoms with Crippen LogP contribution < -0.4 is 0 Å². The van der Waals surface area contributed by atoms with Gasteiger partial charge in [0, 0.05) is 0 Å². The van der Waals surface area contributed by atoms with Crippen LogP contribution >= 0.6 is 0 Å². The molecule has 0 saturated carbocycles. The van der Waals surface area contributed by atoms with E-state index in [9.17, 15) is 10.2 Å². The molecule has 0 saturated heterocycles. The number of phenolic OH excluding ortho intramolecular Hbond substituents is 2. The number of rotatable bonds is 11. The van der Waals surface area contributed by atoms with E-state index in [1.54, 1.807) is 0 Å². The Morgan fingerprint density at radius 1 is 0.622 bits per heavy atom. The Labute approximate surface area is 280 Å². The number of phenols is 2. The fourth-order valence-electron chi connectivity index (χ4n) is 5.63. The van der Waals surface area contributed by atoms with E-state index in [1.807, 2.05) is 42.5 Å². The van der Waals surface area contributed by atoms with Gasteiger partial charge in [-0.3, -0.25) is 0 Å². The molecule has 3 aromatic rings. The fourth-order valence-corrected chi connectivity index (χ4v) is 8.34. The fraction of sp³-hybridized carbons (Fsp3) is 0.513. The van der Waals surface area contributed by atoms with Crippen LogP contribution in [-0.2, 0) is 28.7 Å². The summed E-state index contributed by atoms with van der Waals surface area (Å²) < 4.78 is 5.98. The zero-order valence-electron chi connectivity index (χ0n) is 29.3. The predicted molar refractivity (Wildman–Crippen MR) is 187 cm³/mol. The monoisotopic (exact) mass is 781 g/mol. The number of unbranched alkanes of at least 4 members (excludes halogenated alkanes) is 5. The second-order valence-electron chi connectivity index (χ2n) is 15.1. The average molecular weight is 782 g/mol. The van der Waals surface area contributed by atoms with Crippen molar-refractivity contribution in [3.8, 4) is 33.8 Å². The first-order valence-electron chi connectivity index (χ1n) is 16.5. The molecule has 0 atom stereocenters. The van der Waals surface area contributed by atoms with Crippen LogP contribution in [0.2, 0.25) is 0 Å². The van der Waals surface area contributed by atoms with Crippen LogP contribution in [0, 0.1) is 5.41 Å². The maximum absolute atomic E-state index is 11.7. The molecule has 0 unspecified atom stereocenters. The molecule has 0 spiro atoms. The summed E-state index contributed by atoms with van der Waals surface area (Å²) in [4.78, 5) is 0. The summed E-state index contributed by atoms with van der Waals surface area (Å²) in [5.74, 6) is 0.592. The van der Waals surface area contributed by atoms with Gasteiger partial charge in [-0.15, -0.1) is 0 Å². The number of benzene rings is 3. The Morgan fingerprint density at radius 3 is 1.53 bits per heavy atom. The molecular weight excluding hydrogens is 726 g/mol. The molecule has 0 aromatic heterocycles. The molecule has 0 radical (unpaired) electrons. The van der Waals surface area contributed by atoms with Crippen molar-refractivity contribution >= 4 is 3.90 Å². The minimum absolute atomic E-state index is 0.220. The Kier molecular flexibility index (Phi) is 12.8. The molecule has 244 valence electrons. The third kappa shape index (κ3) is 9.61. The summed E-state index contributed by atoms with van der Waals surface area (Å²) in [6.45, 7) is 22.3. The molecule has 3 aromatic carbocycles. The second-order valence-corrected chi connectivity index (χ2v) is 17.8. The standard InChI is InChI=1S/C31H38O2.C8H17N3.W/c1-29(2,3)19-24-20(22-15-11-17-25(27(22)32)30(4,5)6)13-10-14-21(24)23-16-12-18-26(28(23)33)31(7,8)9;1-2-3-4-5-6-7-8-10-11-9;/h10-18,32-33H,1-9H3;2-8H2,1H3;. The van der Waals surface area contributed by atoms with Crippen molar-refractivity contribution in [3.05, 3.63) is 71.3 Å². The van der Waals surface area contributed by atoms with Gasteiger partial charge in [-0.1, -0.05) is 0 Å². The van der Waals surface area contributed by atoms with E-state index in [4.69, 9.17) is 3.60 Å². The van der Waals surface area contributed by atoms with Crippen LogP contribution in [0.25, 0.3) is 22.3 Å². The van der Waals surface area contributed by atoms with Crippen molar-refractivity contribution in [2.45, 2.75) is 119 Å². The number of aromatic hydroxyl groups is 2. The first kappa shape index (κ1) is 36.7. The number of hydrogen-bond donors (Lipinski definition) is 2. The molecule has 0 fully saturated rings. The molecular formula is C39H55N3O2W. The Hall–Kier alpha value is -2.78.